The maximum atomic E-state index is 10.4. The number of hydrogen-bond acceptors (Lipinski definition) is 2. The van der Waals surface area contributed by atoms with Crippen LogP contribution in [0.25, 0.3) is 0 Å². The zero-order valence-electron chi connectivity index (χ0n) is 5.41. The van der Waals surface area contributed by atoms with Crippen LogP contribution in [0.1, 0.15) is 6.42 Å². The largest absolute Gasteiger partial charge is 0.480 e. The van der Waals surface area contributed by atoms with Gasteiger partial charge in [0, 0.05) is 0 Å². The number of nitrogens with one attached hydrogen (secondary N) is 1. The third kappa shape index (κ3) is 0.995. The van der Waals surface area contributed by atoms with Crippen molar-refractivity contribution in [3.63, 3.8) is 0 Å². The van der Waals surface area contributed by atoms with Crippen LogP contribution in [-0.2, 0) is 4.79 Å². The fourth-order valence-corrected chi connectivity index (χ4v) is 1.61. The highest BCUT2D eigenvalue weighted by molar-refractivity contribution is 5.85. The molecule has 4 heteroatoms. The molecule has 0 bridgehead atoms. The van der Waals surface area contributed by atoms with Gasteiger partial charge < -0.3 is 10.4 Å². The maximum absolute atomic E-state index is 10.4. The summed E-state index contributed by atoms with van der Waals surface area (Å²) in [6.07, 6.45) is 1.13. The van der Waals surface area contributed by atoms with E-state index < -0.39 is 5.97 Å². The molecule has 1 saturated heterocycles. The summed E-state index contributed by atoms with van der Waals surface area (Å²) in [5.41, 5.74) is 0. The summed E-state index contributed by atoms with van der Waals surface area (Å²) in [5, 5.41) is 11.5. The highest BCUT2D eigenvalue weighted by Crippen LogP contribution is 2.44. The van der Waals surface area contributed by atoms with Crippen LogP contribution in [0.5, 0.6) is 0 Å². The summed E-state index contributed by atoms with van der Waals surface area (Å²) in [4.78, 5) is 10.4. The molecule has 1 saturated carbocycles. The van der Waals surface area contributed by atoms with Gasteiger partial charge in [-0.15, -0.1) is 12.4 Å². The van der Waals surface area contributed by atoms with E-state index in [-0.39, 0.29) is 18.4 Å². The molecule has 58 valence electrons. The molecule has 0 aromatic rings. The SMILES string of the molecule is Cl.O=C(O)C1NCC2CC21. The predicted octanol–water partition coefficient (Wildman–Crippen LogP) is 0.101. The molecule has 3 unspecified atom stereocenters. The van der Waals surface area contributed by atoms with Crippen LogP contribution in [0.4, 0.5) is 0 Å². The molecule has 2 aliphatic rings. The van der Waals surface area contributed by atoms with E-state index in [4.69, 9.17) is 5.11 Å². The predicted molar refractivity (Wildman–Crippen MR) is 38.3 cm³/mol. The molecule has 2 N–H and O–H groups in total. The van der Waals surface area contributed by atoms with Gasteiger partial charge in [0.15, 0.2) is 0 Å². The van der Waals surface area contributed by atoms with Crippen molar-refractivity contribution in [2.45, 2.75) is 12.5 Å². The molecule has 3 atom stereocenters. The van der Waals surface area contributed by atoms with E-state index in [0.29, 0.717) is 11.8 Å². The number of carboxylic acid groups (broad SMARTS) is 1. The van der Waals surface area contributed by atoms with Crippen LogP contribution in [0.3, 0.4) is 0 Å². The van der Waals surface area contributed by atoms with Crippen LogP contribution in [0.15, 0.2) is 0 Å². The number of rotatable bonds is 1. The Labute approximate surface area is 65.2 Å². The van der Waals surface area contributed by atoms with E-state index in [0.717, 1.165) is 13.0 Å². The van der Waals surface area contributed by atoms with Gasteiger partial charge >= 0.3 is 5.97 Å². The van der Waals surface area contributed by atoms with Gasteiger partial charge in [0.25, 0.3) is 0 Å². The fraction of sp³-hybridized carbons (Fsp3) is 0.833. The zero-order chi connectivity index (χ0) is 6.43. The standard InChI is InChI=1S/C6H9NO2.ClH/c8-6(9)5-4-1-3(4)2-7-5;/h3-5,7H,1-2H2,(H,8,9);1H. The normalized spacial score (nSPS) is 41.8. The van der Waals surface area contributed by atoms with Crippen molar-refractivity contribution in [2.24, 2.45) is 11.8 Å². The van der Waals surface area contributed by atoms with E-state index >= 15 is 0 Å². The van der Waals surface area contributed by atoms with E-state index in [1.165, 1.54) is 0 Å². The average Bonchev–Trinajstić information content (AvgIpc) is 2.43. The number of hydrogen-bond donors (Lipinski definition) is 2. The summed E-state index contributed by atoms with van der Waals surface area (Å²) >= 11 is 0. The van der Waals surface area contributed by atoms with Gasteiger partial charge in [-0.3, -0.25) is 4.79 Å². The number of carboxylic acids is 1. The molecule has 0 spiro atoms. The van der Waals surface area contributed by atoms with Crippen LogP contribution in [-0.4, -0.2) is 23.7 Å². The quantitative estimate of drug-likeness (QED) is 0.577. The molecule has 0 aromatic heterocycles. The monoisotopic (exact) mass is 163 g/mol. The Bertz CT molecular complexity index is 162. The first-order chi connectivity index (χ1) is 4.29. The van der Waals surface area contributed by atoms with Crippen LogP contribution >= 0.6 is 12.4 Å². The molecular weight excluding hydrogens is 154 g/mol. The second kappa shape index (κ2) is 2.40. The molecule has 1 heterocycles. The Hall–Kier alpha value is -0.280. The Morgan fingerprint density at radius 3 is 2.50 bits per heavy atom. The van der Waals surface area contributed by atoms with Crippen molar-refractivity contribution in [1.82, 2.24) is 5.32 Å². The average molecular weight is 164 g/mol. The van der Waals surface area contributed by atoms with Crippen molar-refractivity contribution in [2.75, 3.05) is 6.54 Å². The number of fused-ring (bicyclic) bond motifs is 1. The minimum Gasteiger partial charge on any atom is -0.480 e. The third-order valence-electron chi connectivity index (χ3n) is 2.27. The van der Waals surface area contributed by atoms with Gasteiger partial charge in [0.2, 0.25) is 0 Å². The molecule has 2 rings (SSSR count). The Morgan fingerprint density at radius 1 is 1.60 bits per heavy atom. The second-order valence-corrected chi connectivity index (χ2v) is 2.88. The van der Waals surface area contributed by atoms with Crippen molar-refractivity contribution in [1.29, 1.82) is 0 Å². The van der Waals surface area contributed by atoms with Crippen molar-refractivity contribution in [3.8, 4) is 0 Å². The Morgan fingerprint density at radius 2 is 2.30 bits per heavy atom. The van der Waals surface area contributed by atoms with Crippen molar-refractivity contribution >= 4 is 18.4 Å². The second-order valence-electron chi connectivity index (χ2n) is 2.88. The Kier molecular flexibility index (Phi) is 1.88. The lowest BCUT2D eigenvalue weighted by molar-refractivity contribution is -0.139. The molecule has 3 nitrogen and oxygen atoms in total. The molecule has 1 aliphatic carbocycles. The summed E-state index contributed by atoms with van der Waals surface area (Å²) < 4.78 is 0. The van der Waals surface area contributed by atoms with Crippen LogP contribution in [0, 0.1) is 11.8 Å². The number of piperidine rings is 1. The molecular formula is C6H10ClNO2. The zero-order valence-corrected chi connectivity index (χ0v) is 6.23. The third-order valence-corrected chi connectivity index (χ3v) is 2.27. The van der Waals surface area contributed by atoms with Crippen LogP contribution < -0.4 is 5.32 Å². The van der Waals surface area contributed by atoms with Crippen molar-refractivity contribution < 1.29 is 9.90 Å². The fourth-order valence-electron chi connectivity index (χ4n) is 1.61. The minimum absolute atomic E-state index is 0. The highest BCUT2D eigenvalue weighted by atomic mass is 35.5. The lowest BCUT2D eigenvalue weighted by Gasteiger charge is -2.04. The number of carbonyl (C=O) groups is 1. The molecule has 1 aliphatic heterocycles. The highest BCUT2D eigenvalue weighted by Gasteiger charge is 2.51. The summed E-state index contributed by atoms with van der Waals surface area (Å²) in [6.45, 7) is 0.918. The number of halogens is 1. The van der Waals surface area contributed by atoms with E-state index in [1.807, 2.05) is 0 Å². The van der Waals surface area contributed by atoms with Crippen molar-refractivity contribution in [3.05, 3.63) is 0 Å². The maximum Gasteiger partial charge on any atom is 0.320 e. The van der Waals surface area contributed by atoms with Gasteiger partial charge in [-0.05, 0) is 24.8 Å². The minimum atomic E-state index is -0.681. The lowest BCUT2D eigenvalue weighted by atomic mass is 10.2. The first-order valence-corrected chi connectivity index (χ1v) is 3.25. The lowest BCUT2D eigenvalue weighted by Crippen LogP contribution is -2.34. The number of aliphatic carboxylic acids is 1. The van der Waals surface area contributed by atoms with E-state index in [9.17, 15) is 4.79 Å². The molecule has 2 fully saturated rings. The topological polar surface area (TPSA) is 49.3 Å². The first-order valence-electron chi connectivity index (χ1n) is 3.25. The Balaban J connectivity index is 0.000000500. The molecule has 0 radical (unpaired) electrons. The molecule has 10 heavy (non-hydrogen) atoms. The van der Waals surface area contributed by atoms with Gasteiger partial charge in [-0.25, -0.2) is 0 Å². The van der Waals surface area contributed by atoms with Gasteiger partial charge in [0.1, 0.15) is 6.04 Å². The van der Waals surface area contributed by atoms with Gasteiger partial charge in [0.05, 0.1) is 0 Å². The first kappa shape index (κ1) is 7.82. The molecule has 0 amide bonds. The molecule has 0 aromatic carbocycles. The van der Waals surface area contributed by atoms with E-state index in [2.05, 4.69) is 5.32 Å². The smallest absolute Gasteiger partial charge is 0.320 e. The van der Waals surface area contributed by atoms with E-state index in [1.54, 1.807) is 0 Å². The van der Waals surface area contributed by atoms with Crippen LogP contribution in [0.2, 0.25) is 0 Å². The van der Waals surface area contributed by atoms with Gasteiger partial charge in [-0.1, -0.05) is 0 Å². The van der Waals surface area contributed by atoms with Gasteiger partial charge in [-0.2, -0.15) is 0 Å². The summed E-state index contributed by atoms with van der Waals surface area (Å²) in [7, 11) is 0. The summed E-state index contributed by atoms with van der Waals surface area (Å²) in [5.74, 6) is 0.466. The summed E-state index contributed by atoms with van der Waals surface area (Å²) in [6, 6.07) is -0.227.